The first kappa shape index (κ1) is 18.2. The van der Waals surface area contributed by atoms with E-state index >= 15 is 0 Å². The fourth-order valence-corrected chi connectivity index (χ4v) is 4.75. The first-order chi connectivity index (χ1) is 14.1. The Morgan fingerprint density at radius 3 is 2.55 bits per heavy atom. The van der Waals surface area contributed by atoms with Crippen molar-refractivity contribution < 1.29 is 4.79 Å². The van der Waals surface area contributed by atoms with E-state index in [1.165, 1.54) is 42.4 Å². The fraction of sp³-hybridized carbons (Fsp3) is 0.417. The fourth-order valence-electron chi connectivity index (χ4n) is 4.75. The summed E-state index contributed by atoms with van der Waals surface area (Å²) in [4.78, 5) is 14.9. The predicted octanol–water partition coefficient (Wildman–Crippen LogP) is 4.70. The Hall–Kier alpha value is -2.82. The second kappa shape index (κ2) is 7.21. The van der Waals surface area contributed by atoms with Crippen LogP contribution in [-0.2, 0) is 17.9 Å². The van der Waals surface area contributed by atoms with Crippen LogP contribution in [0.4, 0.5) is 0 Å². The van der Waals surface area contributed by atoms with Crippen LogP contribution in [0.1, 0.15) is 54.5 Å². The van der Waals surface area contributed by atoms with Crippen LogP contribution >= 0.6 is 0 Å². The number of carbonyl (C=O) groups excluding carboxylic acids is 1. The third kappa shape index (κ3) is 3.28. The maximum absolute atomic E-state index is 12.9. The van der Waals surface area contributed by atoms with Crippen molar-refractivity contribution in [3.8, 4) is 11.5 Å². The molecule has 0 unspecified atom stereocenters. The molecular formula is C24H28N4O. The molecule has 0 saturated heterocycles. The van der Waals surface area contributed by atoms with E-state index in [9.17, 15) is 4.79 Å². The molecule has 1 fully saturated rings. The summed E-state index contributed by atoms with van der Waals surface area (Å²) in [5, 5.41) is 4.95. The highest BCUT2D eigenvalue weighted by Gasteiger charge is 2.32. The molecule has 0 spiro atoms. The van der Waals surface area contributed by atoms with Crippen molar-refractivity contribution in [1.82, 2.24) is 19.2 Å². The predicted molar refractivity (Wildman–Crippen MR) is 113 cm³/mol. The smallest absolute Gasteiger partial charge is 0.223 e. The van der Waals surface area contributed by atoms with E-state index in [-0.39, 0.29) is 5.91 Å². The number of fused-ring (bicyclic) bond motifs is 1. The lowest BCUT2D eigenvalue weighted by atomic mass is 10.0. The molecule has 1 saturated carbocycles. The van der Waals surface area contributed by atoms with E-state index < -0.39 is 0 Å². The van der Waals surface area contributed by atoms with E-state index in [1.807, 2.05) is 21.7 Å². The number of carbonyl (C=O) groups is 1. The summed E-state index contributed by atoms with van der Waals surface area (Å²) in [5.41, 5.74) is 5.78. The summed E-state index contributed by atoms with van der Waals surface area (Å²) < 4.78 is 4.15. The van der Waals surface area contributed by atoms with Crippen molar-refractivity contribution in [2.75, 3.05) is 0 Å². The lowest BCUT2D eigenvalue weighted by Crippen LogP contribution is -2.27. The summed E-state index contributed by atoms with van der Waals surface area (Å²) in [6, 6.07) is 10.5. The van der Waals surface area contributed by atoms with E-state index in [0.717, 1.165) is 17.2 Å². The Balaban J connectivity index is 1.48. The van der Waals surface area contributed by atoms with Crippen molar-refractivity contribution in [2.45, 2.75) is 59.0 Å². The van der Waals surface area contributed by atoms with Crippen LogP contribution in [-0.4, -0.2) is 25.2 Å². The second-order valence-electron chi connectivity index (χ2n) is 8.62. The molecule has 1 aliphatic carbocycles. The number of amides is 1. The largest absolute Gasteiger partial charge is 0.332 e. The maximum Gasteiger partial charge on any atom is 0.223 e. The lowest BCUT2D eigenvalue weighted by Gasteiger charge is -2.19. The molecule has 3 aromatic rings. The minimum absolute atomic E-state index is 0.283. The van der Waals surface area contributed by atoms with Gasteiger partial charge >= 0.3 is 0 Å². The molecule has 1 aliphatic heterocycles. The van der Waals surface area contributed by atoms with E-state index in [2.05, 4.69) is 49.0 Å². The van der Waals surface area contributed by atoms with Crippen LogP contribution in [0.25, 0.3) is 11.5 Å². The van der Waals surface area contributed by atoms with Gasteiger partial charge in [0.2, 0.25) is 5.91 Å². The molecule has 0 N–H and O–H groups in total. The van der Waals surface area contributed by atoms with Gasteiger partial charge in [-0.05, 0) is 68.0 Å². The number of hydrogen-bond donors (Lipinski definition) is 0. The first-order valence-electron chi connectivity index (χ1n) is 10.7. The zero-order chi connectivity index (χ0) is 20.0. The highest BCUT2D eigenvalue weighted by atomic mass is 16.2. The van der Waals surface area contributed by atoms with Crippen LogP contribution in [0, 0.1) is 19.8 Å². The summed E-state index contributed by atoms with van der Waals surface area (Å²) in [6.07, 6.45) is 9.77. The quantitative estimate of drug-likeness (QED) is 0.650. The SMILES string of the molecule is Cc1ccc(-n2nc3c(c2-n2cccc2)CN(C(=O)CC2CCCC2)C3)cc1C. The minimum atomic E-state index is 0.283. The van der Waals surface area contributed by atoms with Crippen molar-refractivity contribution >= 4 is 5.91 Å². The normalized spacial score (nSPS) is 16.6. The van der Waals surface area contributed by atoms with Crippen molar-refractivity contribution in [3.63, 3.8) is 0 Å². The van der Waals surface area contributed by atoms with Gasteiger partial charge in [0.1, 0.15) is 5.82 Å². The molecule has 0 bridgehead atoms. The number of rotatable bonds is 4. The Bertz CT molecular complexity index is 1040. The summed E-state index contributed by atoms with van der Waals surface area (Å²) >= 11 is 0. The van der Waals surface area contributed by atoms with Gasteiger partial charge in [-0.15, -0.1) is 0 Å². The maximum atomic E-state index is 12.9. The topological polar surface area (TPSA) is 43.1 Å². The Morgan fingerprint density at radius 1 is 1.07 bits per heavy atom. The molecule has 1 amide bonds. The molecule has 5 heteroatoms. The van der Waals surface area contributed by atoms with Crippen LogP contribution in [0.5, 0.6) is 0 Å². The molecule has 5 rings (SSSR count). The van der Waals surface area contributed by atoms with Gasteiger partial charge in [0.15, 0.2) is 0 Å². The van der Waals surface area contributed by atoms with Crippen molar-refractivity contribution in [1.29, 1.82) is 0 Å². The molecule has 2 aromatic heterocycles. The standard InChI is InChI=1S/C24H28N4O/c1-17-9-10-20(13-18(17)2)28-24(26-11-5-6-12-26)21-15-27(16-22(21)25-28)23(29)14-19-7-3-4-8-19/h5-6,9-13,19H,3-4,7-8,14-16H2,1-2H3. The highest BCUT2D eigenvalue weighted by molar-refractivity contribution is 5.77. The highest BCUT2D eigenvalue weighted by Crippen LogP contribution is 2.33. The average molecular weight is 389 g/mol. The number of aryl methyl sites for hydroxylation is 2. The van der Waals surface area contributed by atoms with Gasteiger partial charge in [-0.25, -0.2) is 4.68 Å². The van der Waals surface area contributed by atoms with Crippen LogP contribution in [0.2, 0.25) is 0 Å². The molecule has 5 nitrogen and oxygen atoms in total. The van der Waals surface area contributed by atoms with Crippen LogP contribution < -0.4 is 0 Å². The third-order valence-electron chi connectivity index (χ3n) is 6.60. The Kier molecular flexibility index (Phi) is 4.53. The second-order valence-corrected chi connectivity index (χ2v) is 8.62. The van der Waals surface area contributed by atoms with Gasteiger partial charge in [0.05, 0.1) is 24.5 Å². The van der Waals surface area contributed by atoms with Gasteiger partial charge in [0.25, 0.3) is 0 Å². The molecule has 0 radical (unpaired) electrons. The summed E-state index contributed by atoms with van der Waals surface area (Å²) in [6.45, 7) is 5.53. The number of benzene rings is 1. The summed E-state index contributed by atoms with van der Waals surface area (Å²) in [5.74, 6) is 1.91. The molecule has 1 aromatic carbocycles. The monoisotopic (exact) mass is 388 g/mol. The lowest BCUT2D eigenvalue weighted by molar-refractivity contribution is -0.132. The molecule has 3 heterocycles. The molecule has 150 valence electrons. The van der Waals surface area contributed by atoms with Gasteiger partial charge in [-0.2, -0.15) is 5.10 Å². The number of nitrogens with zero attached hydrogens (tertiary/aromatic N) is 4. The van der Waals surface area contributed by atoms with Gasteiger partial charge in [-0.1, -0.05) is 18.9 Å². The van der Waals surface area contributed by atoms with Crippen LogP contribution in [0.15, 0.2) is 42.7 Å². The number of aromatic nitrogens is 3. The Morgan fingerprint density at radius 2 is 1.83 bits per heavy atom. The van der Waals surface area contributed by atoms with Crippen molar-refractivity contribution in [3.05, 3.63) is 65.1 Å². The van der Waals surface area contributed by atoms with E-state index in [4.69, 9.17) is 5.10 Å². The van der Waals surface area contributed by atoms with Gasteiger partial charge in [-0.3, -0.25) is 4.79 Å². The Labute approximate surface area is 171 Å². The summed E-state index contributed by atoms with van der Waals surface area (Å²) in [7, 11) is 0. The van der Waals surface area contributed by atoms with Gasteiger partial charge in [0, 0.05) is 24.4 Å². The average Bonchev–Trinajstić information content (AvgIpc) is 3.47. The van der Waals surface area contributed by atoms with E-state index in [0.29, 0.717) is 25.4 Å². The van der Waals surface area contributed by atoms with Gasteiger partial charge < -0.3 is 9.47 Å². The number of hydrogen-bond acceptors (Lipinski definition) is 2. The van der Waals surface area contributed by atoms with Crippen molar-refractivity contribution in [2.24, 2.45) is 5.92 Å². The molecular weight excluding hydrogens is 360 g/mol. The zero-order valence-electron chi connectivity index (χ0n) is 17.3. The zero-order valence-corrected chi connectivity index (χ0v) is 17.3. The molecule has 0 atom stereocenters. The minimum Gasteiger partial charge on any atom is -0.332 e. The molecule has 29 heavy (non-hydrogen) atoms. The van der Waals surface area contributed by atoms with Crippen LogP contribution in [0.3, 0.4) is 0 Å². The molecule has 2 aliphatic rings. The third-order valence-corrected chi connectivity index (χ3v) is 6.60. The first-order valence-corrected chi connectivity index (χ1v) is 10.7. The van der Waals surface area contributed by atoms with E-state index in [1.54, 1.807) is 0 Å².